The number of tetrazole rings is 1. The summed E-state index contributed by atoms with van der Waals surface area (Å²) in [7, 11) is 0. The van der Waals surface area contributed by atoms with Crippen LogP contribution in [0.1, 0.15) is 23.7 Å². The Hall–Kier alpha value is -2.02. The van der Waals surface area contributed by atoms with Crippen LogP contribution >= 0.6 is 11.3 Å². The van der Waals surface area contributed by atoms with Gasteiger partial charge >= 0.3 is 0 Å². The summed E-state index contributed by atoms with van der Waals surface area (Å²) in [5, 5.41) is 15.5. The second kappa shape index (κ2) is 4.52. The summed E-state index contributed by atoms with van der Waals surface area (Å²) in [6.45, 7) is 4.05. The largest absolute Gasteiger partial charge is 0.347 e. The van der Waals surface area contributed by atoms with Gasteiger partial charge in [0, 0.05) is 19.0 Å². The van der Waals surface area contributed by atoms with Crippen LogP contribution in [0.15, 0.2) is 18.2 Å². The molecule has 1 N–H and O–H groups in total. The molecular weight excluding hydrogens is 272 g/mol. The minimum Gasteiger partial charge on any atom is -0.347 e. The lowest BCUT2D eigenvalue weighted by Crippen LogP contribution is -2.19. The predicted molar refractivity (Wildman–Crippen MR) is 78.1 cm³/mol. The van der Waals surface area contributed by atoms with Crippen LogP contribution in [0.25, 0.3) is 10.2 Å². The molecule has 1 saturated heterocycles. The van der Waals surface area contributed by atoms with Gasteiger partial charge in [0.15, 0.2) is 11.0 Å². The third-order valence-corrected chi connectivity index (χ3v) is 5.05. The lowest BCUT2D eigenvalue weighted by Gasteiger charge is -2.13. The SMILES string of the molecule is Cc1cccc2nc(N3CCC(c4nn[nH]n4)C3)sc12. The number of thiazole rings is 1. The molecule has 1 fully saturated rings. The summed E-state index contributed by atoms with van der Waals surface area (Å²) in [5.41, 5.74) is 2.38. The second-order valence-electron chi connectivity index (χ2n) is 5.12. The van der Waals surface area contributed by atoms with Crippen molar-refractivity contribution in [2.45, 2.75) is 19.3 Å². The normalized spacial score (nSPS) is 19.1. The fourth-order valence-corrected chi connectivity index (χ4v) is 3.77. The number of fused-ring (bicyclic) bond motifs is 1. The van der Waals surface area contributed by atoms with Crippen molar-refractivity contribution in [1.29, 1.82) is 0 Å². The van der Waals surface area contributed by atoms with Gasteiger partial charge in [0.2, 0.25) is 0 Å². The molecule has 1 atom stereocenters. The zero-order chi connectivity index (χ0) is 13.5. The van der Waals surface area contributed by atoms with Gasteiger partial charge in [0.25, 0.3) is 0 Å². The van der Waals surface area contributed by atoms with Gasteiger partial charge in [-0.1, -0.05) is 28.7 Å². The summed E-state index contributed by atoms with van der Waals surface area (Å²) in [6.07, 6.45) is 1.05. The molecule has 1 aromatic carbocycles. The fraction of sp³-hybridized carbons (Fsp3) is 0.385. The number of nitrogens with one attached hydrogen (secondary N) is 1. The van der Waals surface area contributed by atoms with E-state index in [2.05, 4.69) is 50.6 Å². The summed E-state index contributed by atoms with van der Waals surface area (Å²) >= 11 is 1.77. The van der Waals surface area contributed by atoms with Crippen LogP contribution in [0.2, 0.25) is 0 Å². The average Bonchev–Trinajstić information content (AvgIpc) is 3.18. The quantitative estimate of drug-likeness (QED) is 0.781. The summed E-state index contributed by atoms with van der Waals surface area (Å²) < 4.78 is 1.28. The third kappa shape index (κ3) is 1.85. The monoisotopic (exact) mass is 286 g/mol. The van der Waals surface area contributed by atoms with Gasteiger partial charge in [-0.3, -0.25) is 0 Å². The molecule has 3 aromatic rings. The van der Waals surface area contributed by atoms with Crippen LogP contribution in [-0.4, -0.2) is 38.7 Å². The van der Waals surface area contributed by atoms with Gasteiger partial charge in [-0.2, -0.15) is 5.21 Å². The van der Waals surface area contributed by atoms with Crippen molar-refractivity contribution in [3.8, 4) is 0 Å². The molecule has 0 spiro atoms. The molecule has 1 aliphatic rings. The Morgan fingerprint density at radius 1 is 1.40 bits per heavy atom. The molecule has 2 aromatic heterocycles. The van der Waals surface area contributed by atoms with Crippen molar-refractivity contribution in [2.75, 3.05) is 18.0 Å². The highest BCUT2D eigenvalue weighted by molar-refractivity contribution is 7.22. The molecule has 1 aliphatic heterocycles. The molecular formula is C13H14N6S. The number of hydrogen-bond acceptors (Lipinski definition) is 6. The number of rotatable bonds is 2. The standard InChI is InChI=1S/C13H14N6S/c1-8-3-2-4-10-11(8)20-13(14-10)19-6-5-9(7-19)12-15-17-18-16-12/h2-4,9H,5-7H2,1H3,(H,15,16,17,18). The maximum atomic E-state index is 4.75. The van der Waals surface area contributed by atoms with Crippen LogP contribution in [0.4, 0.5) is 5.13 Å². The zero-order valence-corrected chi connectivity index (χ0v) is 11.9. The predicted octanol–water partition coefficient (Wildman–Crippen LogP) is 2.11. The maximum absolute atomic E-state index is 4.75. The Balaban J connectivity index is 1.63. The molecule has 0 amide bonds. The van der Waals surface area contributed by atoms with Gasteiger partial charge in [0.05, 0.1) is 10.2 Å². The third-order valence-electron chi connectivity index (χ3n) is 3.79. The van der Waals surface area contributed by atoms with Crippen LogP contribution < -0.4 is 4.90 Å². The van der Waals surface area contributed by atoms with E-state index in [0.717, 1.165) is 36.0 Å². The van der Waals surface area contributed by atoms with E-state index in [4.69, 9.17) is 4.98 Å². The Morgan fingerprint density at radius 3 is 3.15 bits per heavy atom. The van der Waals surface area contributed by atoms with Crippen molar-refractivity contribution in [2.24, 2.45) is 0 Å². The summed E-state index contributed by atoms with van der Waals surface area (Å²) in [4.78, 5) is 7.08. The van der Waals surface area contributed by atoms with Crippen molar-refractivity contribution in [3.05, 3.63) is 29.6 Å². The van der Waals surface area contributed by atoms with E-state index >= 15 is 0 Å². The maximum Gasteiger partial charge on any atom is 0.186 e. The van der Waals surface area contributed by atoms with Crippen molar-refractivity contribution < 1.29 is 0 Å². The highest BCUT2D eigenvalue weighted by Gasteiger charge is 2.28. The summed E-state index contributed by atoms with van der Waals surface area (Å²) in [5.74, 6) is 1.16. The Morgan fingerprint density at radius 2 is 2.35 bits per heavy atom. The first-order valence-electron chi connectivity index (χ1n) is 6.66. The fourth-order valence-electron chi connectivity index (χ4n) is 2.70. The summed E-state index contributed by atoms with van der Waals surface area (Å²) in [6, 6.07) is 6.28. The number of aromatic nitrogens is 5. The molecule has 0 saturated carbocycles. The first kappa shape index (κ1) is 11.8. The topological polar surface area (TPSA) is 70.6 Å². The van der Waals surface area contributed by atoms with E-state index in [9.17, 15) is 0 Å². The zero-order valence-electron chi connectivity index (χ0n) is 11.1. The molecule has 6 nitrogen and oxygen atoms in total. The molecule has 0 radical (unpaired) electrons. The lowest BCUT2D eigenvalue weighted by molar-refractivity contribution is 0.712. The number of nitrogens with zero attached hydrogens (tertiary/aromatic N) is 5. The van der Waals surface area contributed by atoms with Crippen LogP contribution in [0, 0.1) is 6.92 Å². The smallest absolute Gasteiger partial charge is 0.186 e. The van der Waals surface area contributed by atoms with Crippen molar-refractivity contribution in [3.63, 3.8) is 0 Å². The molecule has 1 unspecified atom stereocenters. The van der Waals surface area contributed by atoms with Gasteiger partial charge in [-0.25, -0.2) is 4.98 Å². The minimum absolute atomic E-state index is 0.349. The van der Waals surface area contributed by atoms with Gasteiger partial charge in [-0.15, -0.1) is 10.2 Å². The van der Waals surface area contributed by atoms with Crippen LogP contribution in [0.5, 0.6) is 0 Å². The Kier molecular flexibility index (Phi) is 2.66. The van der Waals surface area contributed by atoms with Gasteiger partial charge in [-0.05, 0) is 25.0 Å². The highest BCUT2D eigenvalue weighted by Crippen LogP contribution is 2.35. The lowest BCUT2D eigenvalue weighted by atomic mass is 10.1. The van der Waals surface area contributed by atoms with E-state index in [-0.39, 0.29) is 0 Å². The van der Waals surface area contributed by atoms with Crippen molar-refractivity contribution >= 4 is 26.7 Å². The number of benzene rings is 1. The number of aromatic amines is 1. The van der Waals surface area contributed by atoms with Gasteiger partial charge in [0.1, 0.15) is 0 Å². The van der Waals surface area contributed by atoms with E-state index in [1.54, 1.807) is 11.3 Å². The molecule has 0 aliphatic carbocycles. The van der Waals surface area contributed by atoms with E-state index in [0.29, 0.717) is 5.92 Å². The molecule has 20 heavy (non-hydrogen) atoms. The number of H-pyrrole nitrogens is 1. The molecule has 7 heteroatoms. The van der Waals surface area contributed by atoms with E-state index in [1.807, 2.05) is 0 Å². The van der Waals surface area contributed by atoms with Crippen LogP contribution in [-0.2, 0) is 0 Å². The first-order chi connectivity index (χ1) is 9.81. The number of hydrogen-bond donors (Lipinski definition) is 1. The Labute approximate surface area is 119 Å². The van der Waals surface area contributed by atoms with E-state index in [1.165, 1.54) is 10.3 Å². The molecule has 0 bridgehead atoms. The molecule has 3 heterocycles. The second-order valence-corrected chi connectivity index (χ2v) is 6.10. The van der Waals surface area contributed by atoms with E-state index < -0.39 is 0 Å². The Bertz CT molecular complexity index is 734. The molecule has 4 rings (SSSR count). The highest BCUT2D eigenvalue weighted by atomic mass is 32.1. The van der Waals surface area contributed by atoms with Gasteiger partial charge < -0.3 is 4.90 Å². The minimum atomic E-state index is 0.349. The molecule has 102 valence electrons. The van der Waals surface area contributed by atoms with Crippen molar-refractivity contribution in [1.82, 2.24) is 25.6 Å². The van der Waals surface area contributed by atoms with Crippen LogP contribution in [0.3, 0.4) is 0 Å². The first-order valence-corrected chi connectivity index (χ1v) is 7.47. The average molecular weight is 286 g/mol. The number of anilines is 1. The number of aryl methyl sites for hydroxylation is 1.